The van der Waals surface area contributed by atoms with Crippen molar-refractivity contribution in [1.29, 1.82) is 0 Å². The third-order valence-corrected chi connectivity index (χ3v) is 7.48. The third kappa shape index (κ3) is 7.64. The van der Waals surface area contributed by atoms with Crippen LogP contribution >= 0.6 is 0 Å². The lowest BCUT2D eigenvalue weighted by Crippen LogP contribution is -2.16. The van der Waals surface area contributed by atoms with Gasteiger partial charge in [0.15, 0.2) is 0 Å². The normalized spacial score (nSPS) is 12.4. The van der Waals surface area contributed by atoms with Crippen LogP contribution in [0.4, 0.5) is 0 Å². The predicted molar refractivity (Wildman–Crippen MR) is 157 cm³/mol. The molecule has 0 spiro atoms. The topological polar surface area (TPSA) is 40.5 Å². The van der Waals surface area contributed by atoms with Crippen LogP contribution in [0.1, 0.15) is 140 Å². The molecule has 0 fully saturated rings. The summed E-state index contributed by atoms with van der Waals surface area (Å²) in [6, 6.07) is 8.71. The summed E-state index contributed by atoms with van der Waals surface area (Å²) in [4.78, 5) is 0. The first kappa shape index (κ1) is 30.0. The maximum absolute atomic E-state index is 11.6. The van der Waals surface area contributed by atoms with Gasteiger partial charge in [0.2, 0.25) is 0 Å². The predicted octanol–water partition coefficient (Wildman–Crippen LogP) is 9.87. The van der Waals surface area contributed by atoms with Crippen LogP contribution in [0.2, 0.25) is 0 Å². The fourth-order valence-corrected chi connectivity index (χ4v) is 5.17. The van der Waals surface area contributed by atoms with Crippen LogP contribution in [0.25, 0.3) is 0 Å². The molecule has 0 bridgehead atoms. The lowest BCUT2D eigenvalue weighted by atomic mass is 9.76. The van der Waals surface area contributed by atoms with Gasteiger partial charge in [0.25, 0.3) is 0 Å². The molecule has 0 radical (unpaired) electrons. The number of aryl methyl sites for hydroxylation is 2. The smallest absolute Gasteiger partial charge is 0.123 e. The Kier molecular flexibility index (Phi) is 10.7. The molecule has 2 rings (SSSR count). The van der Waals surface area contributed by atoms with Crippen molar-refractivity contribution in [3.8, 4) is 11.5 Å². The molecule has 0 aromatic heterocycles. The molecular formula is C34H52O2. The first-order chi connectivity index (χ1) is 16.8. The minimum absolute atomic E-state index is 0.0432. The van der Waals surface area contributed by atoms with Gasteiger partial charge in [0.1, 0.15) is 11.5 Å². The van der Waals surface area contributed by atoms with Gasteiger partial charge in [0, 0.05) is 17.0 Å². The van der Waals surface area contributed by atoms with Gasteiger partial charge in [-0.05, 0) is 65.2 Å². The lowest BCUT2D eigenvalue weighted by Gasteiger charge is -2.29. The highest BCUT2D eigenvalue weighted by Crippen LogP contribution is 2.46. The molecule has 2 aromatic carbocycles. The highest BCUT2D eigenvalue weighted by molar-refractivity contribution is 5.56. The third-order valence-electron chi connectivity index (χ3n) is 7.48. The Hall–Kier alpha value is -2.22. The van der Waals surface area contributed by atoms with Crippen LogP contribution in [0.15, 0.2) is 36.9 Å². The Morgan fingerprint density at radius 2 is 1.11 bits per heavy atom. The molecule has 0 unspecified atom stereocenters. The van der Waals surface area contributed by atoms with Crippen molar-refractivity contribution in [3.63, 3.8) is 0 Å². The van der Waals surface area contributed by atoms with E-state index in [0.717, 1.165) is 60.8 Å². The fourth-order valence-electron chi connectivity index (χ4n) is 5.17. The average Bonchev–Trinajstić information content (AvgIpc) is 2.80. The number of phenols is 2. The Balaban J connectivity index is 2.63. The van der Waals surface area contributed by atoms with Crippen LogP contribution < -0.4 is 0 Å². The van der Waals surface area contributed by atoms with E-state index in [1.54, 1.807) is 0 Å². The molecule has 2 heteroatoms. The van der Waals surface area contributed by atoms with Crippen LogP contribution in [0.3, 0.4) is 0 Å². The zero-order valence-corrected chi connectivity index (χ0v) is 24.4. The zero-order valence-electron chi connectivity index (χ0n) is 24.4. The highest BCUT2D eigenvalue weighted by atomic mass is 16.3. The number of unbranched alkanes of at least 4 members (excludes halogenated alkanes) is 5. The van der Waals surface area contributed by atoms with Crippen molar-refractivity contribution in [2.75, 3.05) is 0 Å². The van der Waals surface area contributed by atoms with Gasteiger partial charge in [-0.2, -0.15) is 0 Å². The van der Waals surface area contributed by atoms with Gasteiger partial charge < -0.3 is 10.2 Å². The Morgan fingerprint density at radius 1 is 0.694 bits per heavy atom. The van der Waals surface area contributed by atoms with Gasteiger partial charge in [-0.1, -0.05) is 111 Å². The Morgan fingerprint density at radius 3 is 1.50 bits per heavy atom. The van der Waals surface area contributed by atoms with Crippen LogP contribution in [-0.2, 0) is 23.7 Å². The maximum Gasteiger partial charge on any atom is 0.123 e. The van der Waals surface area contributed by atoms with E-state index in [9.17, 15) is 10.2 Å². The van der Waals surface area contributed by atoms with E-state index in [4.69, 9.17) is 0 Å². The molecule has 2 nitrogen and oxygen atoms in total. The molecule has 0 aliphatic heterocycles. The summed E-state index contributed by atoms with van der Waals surface area (Å²) in [6.45, 7) is 21.2. The Labute approximate surface area is 221 Å². The molecule has 2 aromatic rings. The molecule has 0 saturated heterocycles. The molecule has 0 aliphatic carbocycles. The van der Waals surface area contributed by atoms with Crippen molar-refractivity contribution >= 4 is 0 Å². The standard InChI is InChI=1S/C34H52O2/c1-10-13-14-15-16-17-18-19-26(27-20-24(11-2)22-29(31(27)35)33(4,5)6)28-21-25(12-3)23-30(32(28)36)34(7,8)9/h10,20-23,26,35-36H,1,11-19H2,2-9H3. The average molecular weight is 493 g/mol. The van der Waals surface area contributed by atoms with Gasteiger partial charge in [-0.3, -0.25) is 0 Å². The number of hydrogen-bond donors (Lipinski definition) is 2. The summed E-state index contributed by atoms with van der Waals surface area (Å²) in [5.74, 6) is 0.752. The molecule has 0 atom stereocenters. The second kappa shape index (κ2) is 12.8. The molecule has 0 heterocycles. The molecular weight excluding hydrogens is 440 g/mol. The lowest BCUT2D eigenvalue weighted by molar-refractivity contribution is 0.422. The van der Waals surface area contributed by atoms with E-state index in [1.165, 1.54) is 30.4 Å². The molecule has 0 aliphatic rings. The summed E-state index contributed by atoms with van der Waals surface area (Å²) in [5, 5.41) is 23.3. The minimum atomic E-state index is -0.163. The fraction of sp³-hybridized carbons (Fsp3) is 0.588. The molecule has 2 N–H and O–H groups in total. The van der Waals surface area contributed by atoms with Crippen LogP contribution in [0.5, 0.6) is 11.5 Å². The van der Waals surface area contributed by atoms with Crippen molar-refractivity contribution in [1.82, 2.24) is 0 Å². The Bertz CT molecular complexity index is 930. The number of phenolic OH excluding ortho intramolecular Hbond substituents is 2. The first-order valence-electron chi connectivity index (χ1n) is 14.2. The van der Waals surface area contributed by atoms with E-state index >= 15 is 0 Å². The number of allylic oxidation sites excluding steroid dienone is 1. The van der Waals surface area contributed by atoms with E-state index in [2.05, 4.69) is 86.2 Å². The summed E-state index contributed by atoms with van der Waals surface area (Å²) in [6.07, 6.45) is 11.7. The molecule has 0 amide bonds. The second-order valence-corrected chi connectivity index (χ2v) is 12.6. The first-order valence-corrected chi connectivity index (χ1v) is 14.2. The van der Waals surface area contributed by atoms with Gasteiger partial charge in [-0.15, -0.1) is 6.58 Å². The second-order valence-electron chi connectivity index (χ2n) is 12.6. The number of aromatic hydroxyl groups is 2. The maximum atomic E-state index is 11.6. The van der Waals surface area contributed by atoms with Crippen molar-refractivity contribution in [2.24, 2.45) is 0 Å². The van der Waals surface area contributed by atoms with E-state index in [0.29, 0.717) is 11.5 Å². The monoisotopic (exact) mass is 492 g/mol. The van der Waals surface area contributed by atoms with Crippen LogP contribution in [0, 0.1) is 0 Å². The molecule has 0 saturated carbocycles. The largest absolute Gasteiger partial charge is 0.507 e. The van der Waals surface area contributed by atoms with Crippen molar-refractivity contribution < 1.29 is 10.2 Å². The summed E-state index contributed by atoms with van der Waals surface area (Å²) >= 11 is 0. The van der Waals surface area contributed by atoms with E-state index in [-0.39, 0.29) is 16.7 Å². The van der Waals surface area contributed by atoms with E-state index in [1.807, 2.05) is 6.08 Å². The molecule has 200 valence electrons. The van der Waals surface area contributed by atoms with Gasteiger partial charge in [0.05, 0.1) is 0 Å². The number of benzene rings is 2. The summed E-state index contributed by atoms with van der Waals surface area (Å²) in [7, 11) is 0. The van der Waals surface area contributed by atoms with Crippen molar-refractivity contribution in [2.45, 2.75) is 130 Å². The SMILES string of the molecule is C=CCCCCCCCC(c1cc(CC)cc(C(C)(C)C)c1O)c1cc(CC)cc(C(C)(C)C)c1O. The zero-order chi connectivity index (χ0) is 27.1. The van der Waals surface area contributed by atoms with Crippen LogP contribution in [-0.4, -0.2) is 10.2 Å². The number of rotatable bonds is 12. The van der Waals surface area contributed by atoms with E-state index < -0.39 is 0 Å². The number of hydrogen-bond acceptors (Lipinski definition) is 2. The van der Waals surface area contributed by atoms with Gasteiger partial charge in [-0.25, -0.2) is 0 Å². The summed E-state index contributed by atoms with van der Waals surface area (Å²) in [5.41, 5.74) is 6.08. The minimum Gasteiger partial charge on any atom is -0.507 e. The highest BCUT2D eigenvalue weighted by Gasteiger charge is 2.29. The van der Waals surface area contributed by atoms with Crippen molar-refractivity contribution in [3.05, 3.63) is 70.3 Å². The van der Waals surface area contributed by atoms with Gasteiger partial charge >= 0.3 is 0 Å². The quantitative estimate of drug-likeness (QED) is 0.228. The molecule has 36 heavy (non-hydrogen) atoms. The summed E-state index contributed by atoms with van der Waals surface area (Å²) < 4.78 is 0.